The zero-order valence-corrected chi connectivity index (χ0v) is 13.0. The molecule has 1 aromatic rings. The van der Waals surface area contributed by atoms with Gasteiger partial charge in [0.25, 0.3) is 5.91 Å². The molecule has 1 aromatic carbocycles. The van der Waals surface area contributed by atoms with Crippen molar-refractivity contribution < 1.29 is 14.3 Å². The van der Waals surface area contributed by atoms with Crippen LogP contribution in [0.3, 0.4) is 0 Å². The second-order valence-electron chi connectivity index (χ2n) is 6.47. The topological polar surface area (TPSA) is 42.0 Å². The summed E-state index contributed by atoms with van der Waals surface area (Å²) in [5.74, 6) is 1.53. The highest BCUT2D eigenvalue weighted by Crippen LogP contribution is 2.34. The van der Waals surface area contributed by atoms with E-state index in [0.717, 1.165) is 31.7 Å². The SMILES string of the molecule is CN1CCCC1C1CCCN1C(=O)c1ccc2c(c1)OCO2. The average molecular weight is 302 g/mol. The number of hydrogen-bond donors (Lipinski definition) is 0. The van der Waals surface area contributed by atoms with E-state index in [1.54, 1.807) is 0 Å². The van der Waals surface area contributed by atoms with Gasteiger partial charge in [-0.25, -0.2) is 0 Å². The van der Waals surface area contributed by atoms with E-state index in [2.05, 4.69) is 16.8 Å². The number of hydrogen-bond acceptors (Lipinski definition) is 4. The number of ether oxygens (including phenoxy) is 2. The Morgan fingerprint density at radius 1 is 1.09 bits per heavy atom. The summed E-state index contributed by atoms with van der Waals surface area (Å²) in [4.78, 5) is 17.4. The summed E-state index contributed by atoms with van der Waals surface area (Å²) in [7, 11) is 2.18. The molecule has 118 valence electrons. The van der Waals surface area contributed by atoms with Crippen molar-refractivity contribution in [3.63, 3.8) is 0 Å². The Balaban J connectivity index is 1.56. The molecule has 0 radical (unpaired) electrons. The summed E-state index contributed by atoms with van der Waals surface area (Å²) in [6, 6.07) is 6.37. The van der Waals surface area contributed by atoms with E-state index in [1.807, 2.05) is 18.2 Å². The number of likely N-dealkylation sites (tertiary alicyclic amines) is 2. The molecule has 3 heterocycles. The number of carbonyl (C=O) groups excluding carboxylic acids is 1. The van der Waals surface area contributed by atoms with E-state index in [9.17, 15) is 4.79 Å². The molecule has 2 saturated heterocycles. The van der Waals surface area contributed by atoms with Crippen LogP contribution in [0.2, 0.25) is 0 Å². The van der Waals surface area contributed by atoms with Crippen molar-refractivity contribution in [2.75, 3.05) is 26.9 Å². The second kappa shape index (κ2) is 5.47. The third kappa shape index (κ3) is 2.24. The van der Waals surface area contributed by atoms with Crippen molar-refractivity contribution >= 4 is 5.91 Å². The maximum atomic E-state index is 12.9. The highest BCUT2D eigenvalue weighted by Gasteiger charge is 2.38. The van der Waals surface area contributed by atoms with E-state index >= 15 is 0 Å². The maximum Gasteiger partial charge on any atom is 0.254 e. The van der Waals surface area contributed by atoms with Crippen LogP contribution in [0.1, 0.15) is 36.0 Å². The smallest absolute Gasteiger partial charge is 0.254 e. The summed E-state index contributed by atoms with van der Waals surface area (Å²) < 4.78 is 10.7. The number of carbonyl (C=O) groups is 1. The van der Waals surface area contributed by atoms with Crippen LogP contribution in [0.5, 0.6) is 11.5 Å². The molecule has 2 fully saturated rings. The molecule has 2 unspecified atom stereocenters. The van der Waals surface area contributed by atoms with Gasteiger partial charge in [-0.15, -0.1) is 0 Å². The fourth-order valence-corrected chi connectivity index (χ4v) is 4.06. The van der Waals surface area contributed by atoms with E-state index in [4.69, 9.17) is 9.47 Å². The average Bonchev–Trinajstić information content (AvgIpc) is 3.25. The lowest BCUT2D eigenvalue weighted by Gasteiger charge is -2.33. The molecule has 0 spiro atoms. The van der Waals surface area contributed by atoms with Crippen molar-refractivity contribution in [2.45, 2.75) is 37.8 Å². The predicted octanol–water partition coefficient (Wildman–Crippen LogP) is 2.11. The molecule has 0 aliphatic carbocycles. The zero-order valence-electron chi connectivity index (χ0n) is 13.0. The standard InChI is InChI=1S/C17H22N2O3/c1-18-8-2-4-13(18)14-5-3-9-19(14)17(20)12-6-7-15-16(10-12)22-11-21-15/h6-7,10,13-14H,2-5,8-9,11H2,1H3. The van der Waals surface area contributed by atoms with Crippen LogP contribution in [0, 0.1) is 0 Å². The summed E-state index contributed by atoms with van der Waals surface area (Å²) in [5.41, 5.74) is 0.705. The van der Waals surface area contributed by atoms with E-state index in [1.165, 1.54) is 12.8 Å². The Morgan fingerprint density at radius 2 is 1.86 bits per heavy atom. The first-order chi connectivity index (χ1) is 10.7. The fourth-order valence-electron chi connectivity index (χ4n) is 4.06. The Hall–Kier alpha value is -1.75. The van der Waals surface area contributed by atoms with Gasteiger partial charge in [-0.3, -0.25) is 4.79 Å². The third-order valence-corrected chi connectivity index (χ3v) is 5.20. The van der Waals surface area contributed by atoms with Gasteiger partial charge in [0.05, 0.1) is 0 Å². The molecule has 22 heavy (non-hydrogen) atoms. The lowest BCUT2D eigenvalue weighted by Crippen LogP contribution is -2.47. The molecule has 0 N–H and O–H groups in total. The summed E-state index contributed by atoms with van der Waals surface area (Å²) >= 11 is 0. The number of rotatable bonds is 2. The van der Waals surface area contributed by atoms with Gasteiger partial charge >= 0.3 is 0 Å². The molecule has 3 aliphatic rings. The Labute approximate surface area is 130 Å². The largest absolute Gasteiger partial charge is 0.454 e. The van der Waals surface area contributed by atoms with Crippen LogP contribution >= 0.6 is 0 Å². The second-order valence-corrected chi connectivity index (χ2v) is 6.47. The van der Waals surface area contributed by atoms with Crippen LogP contribution in [0.4, 0.5) is 0 Å². The first-order valence-corrected chi connectivity index (χ1v) is 8.15. The van der Waals surface area contributed by atoms with Crippen molar-refractivity contribution in [3.05, 3.63) is 23.8 Å². The molecular weight excluding hydrogens is 280 g/mol. The van der Waals surface area contributed by atoms with E-state index in [0.29, 0.717) is 23.4 Å². The molecule has 0 saturated carbocycles. The summed E-state index contributed by atoms with van der Waals surface area (Å²) in [6.07, 6.45) is 4.66. The molecule has 0 aromatic heterocycles. The number of likely N-dealkylation sites (N-methyl/N-ethyl adjacent to an activating group) is 1. The first-order valence-electron chi connectivity index (χ1n) is 8.15. The molecule has 2 atom stereocenters. The molecule has 5 nitrogen and oxygen atoms in total. The molecule has 4 rings (SSSR count). The predicted molar refractivity (Wildman–Crippen MR) is 82.3 cm³/mol. The molecular formula is C17H22N2O3. The maximum absolute atomic E-state index is 12.9. The van der Waals surface area contributed by atoms with Crippen molar-refractivity contribution in [1.29, 1.82) is 0 Å². The van der Waals surface area contributed by atoms with Gasteiger partial charge in [0.1, 0.15) is 0 Å². The van der Waals surface area contributed by atoms with Crippen LogP contribution in [-0.2, 0) is 0 Å². The van der Waals surface area contributed by atoms with Crippen molar-refractivity contribution in [3.8, 4) is 11.5 Å². The number of benzene rings is 1. The highest BCUT2D eigenvalue weighted by molar-refractivity contribution is 5.95. The van der Waals surface area contributed by atoms with Gasteiger partial charge in [-0.1, -0.05) is 0 Å². The fraction of sp³-hybridized carbons (Fsp3) is 0.588. The Kier molecular flexibility index (Phi) is 3.45. The normalized spacial score (nSPS) is 27.6. The minimum Gasteiger partial charge on any atom is -0.454 e. The number of fused-ring (bicyclic) bond motifs is 1. The van der Waals surface area contributed by atoms with E-state index in [-0.39, 0.29) is 12.7 Å². The van der Waals surface area contributed by atoms with Gasteiger partial charge in [0.15, 0.2) is 11.5 Å². The number of nitrogens with zero attached hydrogens (tertiary/aromatic N) is 2. The van der Waals surface area contributed by atoms with E-state index < -0.39 is 0 Å². The quantitative estimate of drug-likeness (QED) is 0.839. The highest BCUT2D eigenvalue weighted by atomic mass is 16.7. The minimum absolute atomic E-state index is 0.126. The molecule has 3 aliphatic heterocycles. The van der Waals surface area contributed by atoms with Gasteiger partial charge in [-0.05, 0) is 57.5 Å². The lowest BCUT2D eigenvalue weighted by atomic mass is 10.0. The summed E-state index contributed by atoms with van der Waals surface area (Å²) in [6.45, 7) is 2.25. The van der Waals surface area contributed by atoms with Gasteiger partial charge in [-0.2, -0.15) is 0 Å². The van der Waals surface area contributed by atoms with Crippen molar-refractivity contribution in [1.82, 2.24) is 9.80 Å². The summed E-state index contributed by atoms with van der Waals surface area (Å²) in [5, 5.41) is 0. The first kappa shape index (κ1) is 13.9. The molecule has 1 amide bonds. The lowest BCUT2D eigenvalue weighted by molar-refractivity contribution is 0.0664. The Bertz CT molecular complexity index is 589. The number of amides is 1. The Morgan fingerprint density at radius 3 is 2.68 bits per heavy atom. The monoisotopic (exact) mass is 302 g/mol. The van der Waals surface area contributed by atoms with Gasteiger partial charge < -0.3 is 19.3 Å². The minimum atomic E-state index is 0.126. The van der Waals surface area contributed by atoms with Crippen molar-refractivity contribution in [2.24, 2.45) is 0 Å². The van der Waals surface area contributed by atoms with Crippen LogP contribution in [0.25, 0.3) is 0 Å². The zero-order chi connectivity index (χ0) is 15.1. The van der Waals surface area contributed by atoms with Gasteiger partial charge in [0.2, 0.25) is 6.79 Å². The van der Waals surface area contributed by atoms with Gasteiger partial charge in [0, 0.05) is 24.2 Å². The van der Waals surface area contributed by atoms with Crippen LogP contribution in [0.15, 0.2) is 18.2 Å². The molecule has 0 bridgehead atoms. The van der Waals surface area contributed by atoms with Crippen LogP contribution in [-0.4, -0.2) is 54.7 Å². The third-order valence-electron chi connectivity index (χ3n) is 5.20. The van der Waals surface area contributed by atoms with Crippen LogP contribution < -0.4 is 9.47 Å². The molecule has 5 heteroatoms.